The number of nitrogens with two attached hydrogens (primary N) is 1. The van der Waals surface area contributed by atoms with E-state index in [0.29, 0.717) is 0 Å². The van der Waals surface area contributed by atoms with Crippen molar-refractivity contribution in [2.45, 2.75) is 4.90 Å². The highest BCUT2D eigenvalue weighted by molar-refractivity contribution is 14.1. The Hall–Kier alpha value is 0.270. The van der Waals surface area contributed by atoms with Crippen molar-refractivity contribution in [1.29, 1.82) is 0 Å². The molecule has 0 saturated heterocycles. The van der Waals surface area contributed by atoms with Gasteiger partial charge in [0.05, 0.1) is 3.57 Å². The van der Waals surface area contributed by atoms with Gasteiger partial charge in [-0.1, -0.05) is 0 Å². The number of rotatable bonds is 1. The minimum absolute atomic E-state index is 0.00512. The molecule has 0 bridgehead atoms. The zero-order chi connectivity index (χ0) is 10.2. The van der Waals surface area contributed by atoms with Gasteiger partial charge in [-0.2, -0.15) is 0 Å². The van der Waals surface area contributed by atoms with Crippen molar-refractivity contribution in [3.8, 4) is 0 Å². The lowest BCUT2D eigenvalue weighted by molar-refractivity contribution is 0.588. The molecule has 0 aliphatic heterocycles. The van der Waals surface area contributed by atoms with Gasteiger partial charge < -0.3 is 0 Å². The first kappa shape index (κ1) is 11.3. The van der Waals surface area contributed by atoms with Crippen LogP contribution in [0, 0.1) is 9.39 Å². The van der Waals surface area contributed by atoms with Crippen LogP contribution >= 0.6 is 38.5 Å². The van der Waals surface area contributed by atoms with Gasteiger partial charge in [0, 0.05) is 4.47 Å². The maximum absolute atomic E-state index is 12.9. The van der Waals surface area contributed by atoms with E-state index in [-0.39, 0.29) is 12.9 Å². The summed E-state index contributed by atoms with van der Waals surface area (Å²) < 4.78 is 35.2. The molecule has 3 nitrogen and oxygen atoms in total. The average molecular weight is 380 g/mol. The summed E-state index contributed by atoms with van der Waals surface area (Å²) in [5, 5.41) is 4.90. The second kappa shape index (κ2) is 3.79. The first-order valence-corrected chi connectivity index (χ1v) is 6.42. The molecule has 2 N–H and O–H groups in total. The number of halogens is 3. The Morgan fingerprint density at radius 2 is 2.00 bits per heavy atom. The lowest BCUT2D eigenvalue weighted by Crippen LogP contribution is -2.15. The van der Waals surface area contributed by atoms with Crippen LogP contribution in [-0.2, 0) is 10.0 Å². The fraction of sp³-hybridized carbons (Fsp3) is 0. The van der Waals surface area contributed by atoms with Crippen molar-refractivity contribution in [2.24, 2.45) is 5.14 Å². The summed E-state index contributed by atoms with van der Waals surface area (Å²) in [5.41, 5.74) is 0. The highest BCUT2D eigenvalue weighted by Gasteiger charge is 2.19. The molecule has 72 valence electrons. The van der Waals surface area contributed by atoms with Crippen LogP contribution in [0.25, 0.3) is 0 Å². The molecule has 0 aromatic heterocycles. The monoisotopic (exact) mass is 379 g/mol. The largest absolute Gasteiger partial charge is 0.240 e. The van der Waals surface area contributed by atoms with Gasteiger partial charge in [-0.3, -0.25) is 0 Å². The van der Waals surface area contributed by atoms with E-state index in [9.17, 15) is 12.8 Å². The molecule has 0 spiro atoms. The molecule has 1 rings (SSSR count). The zero-order valence-electron chi connectivity index (χ0n) is 6.09. The smallest absolute Gasteiger partial charge is 0.225 e. The number of hydrogen-bond acceptors (Lipinski definition) is 2. The van der Waals surface area contributed by atoms with Gasteiger partial charge in [0.15, 0.2) is 0 Å². The molecule has 13 heavy (non-hydrogen) atoms. The standard InChI is InChI=1S/C6H4BrFINO2S/c7-3-1-2-4(8)5(9)6(3)13(10,11)12/h1-2H,(H2,10,11,12). The Kier molecular flexibility index (Phi) is 3.31. The molecule has 0 unspecified atom stereocenters. The maximum Gasteiger partial charge on any atom is 0.240 e. The molecule has 1 aromatic carbocycles. The van der Waals surface area contributed by atoms with Gasteiger partial charge in [0.25, 0.3) is 0 Å². The minimum atomic E-state index is -3.88. The topological polar surface area (TPSA) is 60.2 Å². The van der Waals surface area contributed by atoms with E-state index in [2.05, 4.69) is 15.9 Å². The Morgan fingerprint density at radius 1 is 1.46 bits per heavy atom. The molecule has 0 aliphatic rings. The first-order chi connectivity index (χ1) is 5.84. The van der Waals surface area contributed by atoms with Gasteiger partial charge >= 0.3 is 0 Å². The SMILES string of the molecule is NS(=O)(=O)c1c(Br)ccc(F)c1I. The average Bonchev–Trinajstić information content (AvgIpc) is 1.95. The van der Waals surface area contributed by atoms with Crippen LogP contribution in [0.5, 0.6) is 0 Å². The molecule has 0 radical (unpaired) electrons. The second-order valence-corrected chi connectivity index (χ2v) is 5.65. The van der Waals surface area contributed by atoms with Gasteiger partial charge in [-0.25, -0.2) is 17.9 Å². The minimum Gasteiger partial charge on any atom is -0.225 e. The normalized spacial score (nSPS) is 11.7. The molecule has 0 amide bonds. The van der Waals surface area contributed by atoms with Gasteiger partial charge in [-0.15, -0.1) is 0 Å². The molecular weight excluding hydrogens is 376 g/mol. The quantitative estimate of drug-likeness (QED) is 0.597. The van der Waals surface area contributed by atoms with Crippen molar-refractivity contribution in [2.75, 3.05) is 0 Å². The van der Waals surface area contributed by atoms with Crippen molar-refractivity contribution >= 4 is 48.5 Å². The van der Waals surface area contributed by atoms with Gasteiger partial charge in [-0.05, 0) is 50.7 Å². The van der Waals surface area contributed by atoms with Crippen LogP contribution in [0.1, 0.15) is 0 Å². The summed E-state index contributed by atoms with van der Waals surface area (Å²) in [6.07, 6.45) is 0. The molecule has 0 aliphatic carbocycles. The fourth-order valence-electron chi connectivity index (χ4n) is 0.769. The predicted octanol–water partition coefficient (Wildman–Crippen LogP) is 1.84. The Labute approximate surface area is 96.8 Å². The summed E-state index contributed by atoms with van der Waals surface area (Å²) in [4.78, 5) is -0.215. The van der Waals surface area contributed by atoms with E-state index >= 15 is 0 Å². The van der Waals surface area contributed by atoms with Crippen LogP contribution < -0.4 is 5.14 Å². The summed E-state index contributed by atoms with van der Waals surface area (Å²) in [5.74, 6) is -0.604. The number of sulfonamides is 1. The second-order valence-electron chi connectivity index (χ2n) is 2.22. The van der Waals surface area contributed by atoms with Crippen molar-refractivity contribution in [3.05, 3.63) is 26.0 Å². The third kappa shape index (κ3) is 2.39. The Morgan fingerprint density at radius 3 is 2.38 bits per heavy atom. The third-order valence-electron chi connectivity index (χ3n) is 1.29. The third-order valence-corrected chi connectivity index (χ3v) is 4.62. The van der Waals surface area contributed by atoms with Crippen molar-refractivity contribution in [3.63, 3.8) is 0 Å². The van der Waals surface area contributed by atoms with E-state index in [1.807, 2.05) is 0 Å². The lowest BCUT2D eigenvalue weighted by Gasteiger charge is -2.04. The van der Waals surface area contributed by atoms with Gasteiger partial charge in [0.2, 0.25) is 10.0 Å². The van der Waals surface area contributed by atoms with E-state index in [1.54, 1.807) is 22.6 Å². The van der Waals surface area contributed by atoms with E-state index in [4.69, 9.17) is 5.14 Å². The summed E-state index contributed by atoms with van der Waals surface area (Å²) in [6, 6.07) is 2.47. The summed E-state index contributed by atoms with van der Waals surface area (Å²) in [7, 11) is -3.88. The van der Waals surface area contributed by atoms with E-state index in [1.165, 1.54) is 12.1 Å². The van der Waals surface area contributed by atoms with Crippen LogP contribution in [0.15, 0.2) is 21.5 Å². The molecule has 0 fully saturated rings. The van der Waals surface area contributed by atoms with Crippen molar-refractivity contribution in [1.82, 2.24) is 0 Å². The predicted molar refractivity (Wildman–Crippen MR) is 58.2 cm³/mol. The molecule has 0 atom stereocenters. The zero-order valence-corrected chi connectivity index (χ0v) is 10.7. The van der Waals surface area contributed by atoms with Crippen LogP contribution in [-0.4, -0.2) is 8.42 Å². The van der Waals surface area contributed by atoms with Crippen LogP contribution in [0.4, 0.5) is 4.39 Å². The molecule has 0 saturated carbocycles. The lowest BCUT2D eigenvalue weighted by atomic mass is 10.3. The van der Waals surface area contributed by atoms with Gasteiger partial charge in [0.1, 0.15) is 10.7 Å². The Bertz CT molecular complexity index is 448. The van der Waals surface area contributed by atoms with E-state index in [0.717, 1.165) is 0 Å². The number of hydrogen-bond donors (Lipinski definition) is 1. The molecule has 7 heteroatoms. The highest BCUT2D eigenvalue weighted by Crippen LogP contribution is 2.27. The molecular formula is C6H4BrFINO2S. The number of benzene rings is 1. The van der Waals surface area contributed by atoms with E-state index < -0.39 is 15.8 Å². The first-order valence-electron chi connectivity index (χ1n) is 3.00. The van der Waals surface area contributed by atoms with Crippen molar-refractivity contribution < 1.29 is 12.8 Å². The number of primary sulfonamides is 1. The summed E-state index contributed by atoms with van der Waals surface area (Å²) in [6.45, 7) is 0. The fourth-order valence-corrected chi connectivity index (χ4v) is 4.23. The van der Waals surface area contributed by atoms with Crippen LogP contribution in [0.3, 0.4) is 0 Å². The maximum atomic E-state index is 12.9. The Balaban J connectivity index is 3.62. The van der Waals surface area contributed by atoms with Crippen LogP contribution in [0.2, 0.25) is 0 Å². The molecule has 0 heterocycles. The highest BCUT2D eigenvalue weighted by atomic mass is 127. The summed E-state index contributed by atoms with van der Waals surface area (Å²) >= 11 is 4.58. The molecule has 1 aromatic rings.